The Hall–Kier alpha value is -5.80. The molecule has 6 rings (SSSR count). The summed E-state index contributed by atoms with van der Waals surface area (Å²) in [5.74, 6) is -3.54. The Morgan fingerprint density at radius 3 is 1.04 bits per heavy atom. The monoisotopic (exact) mass is 941 g/mol. The molecule has 0 radical (unpaired) electrons. The number of carboxylic acid groups (broad SMARTS) is 2. The quantitative estimate of drug-likeness (QED) is 0.0739. The van der Waals surface area contributed by atoms with Gasteiger partial charge in [0.15, 0.2) is 0 Å². The molecule has 14 heteroatoms. The SMILES string of the molecule is COc1ccc([C@@H](CN(C)C)C2(O)CCCCC2)cc1.COc1ccc([C@@H](CN(C)C)C2(O)CCCCC2)cc1.Cc1ccc(C(=O)O[C@@H](C(=O)O)[C@@H](OC(=O)c2ccc(C)cc2)C(=O)O)cc1. The number of nitrogens with zero attached hydrogens (tertiary/aromatic N) is 2. The van der Waals surface area contributed by atoms with Crippen molar-refractivity contribution in [2.45, 2.75) is 113 Å². The van der Waals surface area contributed by atoms with Gasteiger partial charge >= 0.3 is 23.9 Å². The van der Waals surface area contributed by atoms with Gasteiger partial charge in [0.2, 0.25) is 12.2 Å². The maximum Gasteiger partial charge on any atom is 0.349 e. The van der Waals surface area contributed by atoms with Gasteiger partial charge in [-0.15, -0.1) is 0 Å². The van der Waals surface area contributed by atoms with E-state index in [2.05, 4.69) is 62.3 Å². The molecular weight excluding hydrogens is 869 g/mol. The molecule has 4 atom stereocenters. The summed E-state index contributed by atoms with van der Waals surface area (Å²) in [6.07, 6.45) is 6.25. The summed E-state index contributed by atoms with van der Waals surface area (Å²) >= 11 is 0. The molecular formula is C54H72N2O12. The summed E-state index contributed by atoms with van der Waals surface area (Å²) in [6.45, 7) is 5.34. The number of carbonyl (C=O) groups is 4. The van der Waals surface area contributed by atoms with E-state index in [4.69, 9.17) is 18.9 Å². The third kappa shape index (κ3) is 16.2. The predicted octanol–water partition coefficient (Wildman–Crippen LogP) is 8.29. The highest BCUT2D eigenvalue weighted by atomic mass is 16.6. The molecule has 2 saturated carbocycles. The van der Waals surface area contributed by atoms with Gasteiger partial charge in [0, 0.05) is 24.9 Å². The zero-order valence-corrected chi connectivity index (χ0v) is 41.0. The van der Waals surface area contributed by atoms with E-state index in [1.807, 2.05) is 24.3 Å². The van der Waals surface area contributed by atoms with Crippen LogP contribution in [-0.4, -0.2) is 133 Å². The molecule has 2 aliphatic carbocycles. The number of carbonyl (C=O) groups excluding carboxylic acids is 2. The van der Waals surface area contributed by atoms with Crippen LogP contribution in [0.3, 0.4) is 0 Å². The number of benzene rings is 4. The second kappa shape index (κ2) is 26.1. The molecule has 0 aromatic heterocycles. The average Bonchev–Trinajstić information content (AvgIpc) is 3.32. The van der Waals surface area contributed by atoms with E-state index in [-0.39, 0.29) is 23.0 Å². The number of methoxy groups -OCH3 is 2. The minimum absolute atomic E-state index is 0.0332. The summed E-state index contributed by atoms with van der Waals surface area (Å²) in [5.41, 5.74) is 3.10. The number of hydrogen-bond acceptors (Lipinski definition) is 12. The maximum atomic E-state index is 12.2. The van der Waals surface area contributed by atoms with Crippen LogP contribution in [0.2, 0.25) is 0 Å². The minimum Gasteiger partial charge on any atom is -0.497 e. The summed E-state index contributed by atoms with van der Waals surface area (Å²) in [4.78, 5) is 51.7. The van der Waals surface area contributed by atoms with Crippen LogP contribution < -0.4 is 9.47 Å². The van der Waals surface area contributed by atoms with Gasteiger partial charge in [-0.2, -0.15) is 0 Å². The van der Waals surface area contributed by atoms with E-state index in [0.29, 0.717) is 0 Å². The number of carboxylic acids is 2. The van der Waals surface area contributed by atoms with Crippen molar-refractivity contribution in [1.29, 1.82) is 0 Å². The van der Waals surface area contributed by atoms with E-state index in [0.717, 1.165) is 87.1 Å². The lowest BCUT2D eigenvalue weighted by Gasteiger charge is -2.40. The number of hydrogen-bond donors (Lipinski definition) is 4. The van der Waals surface area contributed by atoms with Crippen molar-refractivity contribution in [3.8, 4) is 11.5 Å². The van der Waals surface area contributed by atoms with Gasteiger partial charge in [0.1, 0.15) is 11.5 Å². The van der Waals surface area contributed by atoms with Crippen molar-refractivity contribution in [3.63, 3.8) is 0 Å². The van der Waals surface area contributed by atoms with Crippen LogP contribution in [0.25, 0.3) is 0 Å². The minimum atomic E-state index is -2.22. The lowest BCUT2D eigenvalue weighted by atomic mass is 9.72. The predicted molar refractivity (Wildman–Crippen MR) is 261 cm³/mol. The molecule has 0 amide bonds. The Morgan fingerprint density at radius 2 is 0.794 bits per heavy atom. The maximum absolute atomic E-state index is 12.2. The first-order valence-electron chi connectivity index (χ1n) is 23.3. The molecule has 4 aromatic carbocycles. The number of rotatable bonds is 17. The molecule has 14 nitrogen and oxygen atoms in total. The van der Waals surface area contributed by atoms with Crippen molar-refractivity contribution < 1.29 is 58.6 Å². The van der Waals surface area contributed by atoms with Crippen molar-refractivity contribution >= 4 is 23.9 Å². The molecule has 2 aliphatic rings. The standard InChI is InChI=1S/C20H18O8.2C17H27NO2/c1-11-3-7-13(8-4-11)19(25)27-15(17(21)22)16(18(23)24)28-20(26)14-9-5-12(2)6-10-14;2*1-18(2)13-16(17(19)11-5-4-6-12-17)14-7-9-15(20-3)10-8-14/h3-10,15-16H,1-2H3,(H,21,22)(H,23,24);2*7-10,16,19H,4-6,11-13H2,1-3H3/t15-,16-;2*16-/m111/s1. The second-order valence-electron chi connectivity index (χ2n) is 18.6. The molecule has 68 heavy (non-hydrogen) atoms. The number of likely N-dealkylation sites (N-methyl/N-ethyl adjacent to an activating group) is 2. The highest BCUT2D eigenvalue weighted by Gasteiger charge is 2.42. The van der Waals surface area contributed by atoms with Gasteiger partial charge in [-0.25, -0.2) is 19.2 Å². The van der Waals surface area contributed by atoms with E-state index >= 15 is 0 Å². The molecule has 0 unspecified atom stereocenters. The summed E-state index contributed by atoms with van der Waals surface area (Å²) in [6, 6.07) is 28.4. The van der Waals surface area contributed by atoms with Gasteiger partial charge < -0.3 is 49.2 Å². The zero-order chi connectivity index (χ0) is 50.0. The molecule has 0 heterocycles. The Kier molecular flexibility index (Phi) is 21.0. The number of aliphatic hydroxyl groups is 2. The Morgan fingerprint density at radius 1 is 0.500 bits per heavy atom. The highest BCUT2D eigenvalue weighted by molar-refractivity contribution is 5.95. The molecule has 4 N–H and O–H groups in total. The van der Waals surface area contributed by atoms with Crippen LogP contribution >= 0.6 is 0 Å². The topological polar surface area (TPSA) is 193 Å². The van der Waals surface area contributed by atoms with E-state index in [9.17, 15) is 39.6 Å². The fraction of sp³-hybridized carbons (Fsp3) is 0.481. The molecule has 0 aliphatic heterocycles. The van der Waals surface area contributed by atoms with Crippen LogP contribution in [0.15, 0.2) is 97.1 Å². The van der Waals surface area contributed by atoms with Crippen molar-refractivity contribution in [2.24, 2.45) is 0 Å². The number of aryl methyl sites for hydroxylation is 2. The number of aliphatic carboxylic acids is 2. The van der Waals surface area contributed by atoms with E-state index in [1.165, 1.54) is 48.2 Å². The summed E-state index contributed by atoms with van der Waals surface area (Å²) in [5, 5.41) is 40.8. The number of ether oxygens (including phenoxy) is 4. The van der Waals surface area contributed by atoms with E-state index < -0.39 is 47.3 Å². The largest absolute Gasteiger partial charge is 0.497 e. The number of esters is 2. The van der Waals surface area contributed by atoms with Gasteiger partial charge in [-0.1, -0.05) is 98.2 Å². The van der Waals surface area contributed by atoms with E-state index in [1.54, 1.807) is 52.3 Å². The van der Waals surface area contributed by atoms with Crippen LogP contribution in [0.4, 0.5) is 0 Å². The Balaban J connectivity index is 0.000000227. The molecule has 2 fully saturated rings. The molecule has 4 aromatic rings. The second-order valence-corrected chi connectivity index (χ2v) is 18.6. The highest BCUT2D eigenvalue weighted by Crippen LogP contribution is 2.42. The third-order valence-corrected chi connectivity index (χ3v) is 12.7. The van der Waals surface area contributed by atoms with Gasteiger partial charge in [0.05, 0.1) is 36.5 Å². The van der Waals surface area contributed by atoms with Crippen molar-refractivity contribution in [2.75, 3.05) is 55.5 Å². The summed E-state index contributed by atoms with van der Waals surface area (Å²) < 4.78 is 20.1. The van der Waals surface area contributed by atoms with Crippen LogP contribution in [0.1, 0.15) is 119 Å². The average molecular weight is 941 g/mol. The van der Waals surface area contributed by atoms with Gasteiger partial charge in [0.25, 0.3) is 0 Å². The van der Waals surface area contributed by atoms with Crippen molar-refractivity contribution in [1.82, 2.24) is 9.80 Å². The fourth-order valence-corrected chi connectivity index (χ4v) is 8.83. The first-order valence-corrected chi connectivity index (χ1v) is 23.3. The summed E-state index contributed by atoms with van der Waals surface area (Å²) in [7, 11) is 11.7. The fourth-order valence-electron chi connectivity index (χ4n) is 8.83. The Labute approximate surface area is 401 Å². The lowest BCUT2D eigenvalue weighted by molar-refractivity contribution is -0.166. The van der Waals surface area contributed by atoms with Gasteiger partial charge in [-0.3, -0.25) is 0 Å². The molecule has 0 saturated heterocycles. The molecule has 0 spiro atoms. The zero-order valence-electron chi connectivity index (χ0n) is 41.0. The molecule has 370 valence electrons. The van der Waals surface area contributed by atoms with Crippen LogP contribution in [-0.2, 0) is 19.1 Å². The normalized spacial score (nSPS) is 16.8. The first-order chi connectivity index (χ1) is 32.3. The van der Waals surface area contributed by atoms with Crippen LogP contribution in [0, 0.1) is 13.8 Å². The molecule has 0 bridgehead atoms. The van der Waals surface area contributed by atoms with Crippen LogP contribution in [0.5, 0.6) is 11.5 Å². The lowest BCUT2D eigenvalue weighted by Crippen LogP contribution is -2.45. The van der Waals surface area contributed by atoms with Gasteiger partial charge in [-0.05, 0) is 127 Å². The van der Waals surface area contributed by atoms with Crippen molar-refractivity contribution in [3.05, 3.63) is 130 Å². The smallest absolute Gasteiger partial charge is 0.349 e. The third-order valence-electron chi connectivity index (χ3n) is 12.7. The Bertz CT molecular complexity index is 2020. The first kappa shape index (κ1) is 54.8.